The van der Waals surface area contributed by atoms with E-state index in [1.165, 1.54) is 0 Å². The normalized spacial score (nSPS) is 10.3. The van der Waals surface area contributed by atoms with Gasteiger partial charge in [-0.2, -0.15) is 0 Å². The van der Waals surface area contributed by atoms with E-state index in [1.807, 2.05) is 31.2 Å². The first-order valence-electron chi connectivity index (χ1n) is 6.48. The molecule has 1 amide bonds. The van der Waals surface area contributed by atoms with E-state index in [-0.39, 0.29) is 5.91 Å². The zero-order valence-corrected chi connectivity index (χ0v) is 11.7. The van der Waals surface area contributed by atoms with Gasteiger partial charge in [-0.05, 0) is 24.6 Å². The summed E-state index contributed by atoms with van der Waals surface area (Å²) in [7, 11) is 1.63. The summed E-state index contributed by atoms with van der Waals surface area (Å²) in [4.78, 5) is 19.9. The number of carbonyl (C=O) groups excluding carboxylic acids is 1. The molecule has 2 rings (SSSR count). The fourth-order valence-electron chi connectivity index (χ4n) is 1.76. The van der Waals surface area contributed by atoms with Crippen molar-refractivity contribution in [2.45, 2.75) is 20.0 Å². The molecule has 0 radical (unpaired) electrons. The van der Waals surface area contributed by atoms with Crippen LogP contribution in [-0.4, -0.2) is 22.9 Å². The third-order valence-corrected chi connectivity index (χ3v) is 2.91. The van der Waals surface area contributed by atoms with Crippen molar-refractivity contribution in [3.05, 3.63) is 59.2 Å². The fourth-order valence-corrected chi connectivity index (χ4v) is 1.76. The number of hydrogen-bond acceptors (Lipinski definition) is 4. The molecular weight excluding hydrogens is 252 g/mol. The van der Waals surface area contributed by atoms with Gasteiger partial charge < -0.3 is 10.6 Å². The highest BCUT2D eigenvalue weighted by molar-refractivity contribution is 5.93. The third kappa shape index (κ3) is 3.86. The molecule has 0 fully saturated rings. The summed E-state index contributed by atoms with van der Waals surface area (Å²) in [6.07, 6.45) is 3.53. The molecule has 0 unspecified atom stereocenters. The van der Waals surface area contributed by atoms with E-state index < -0.39 is 0 Å². The second kappa shape index (κ2) is 6.77. The first-order valence-corrected chi connectivity index (χ1v) is 6.48. The van der Waals surface area contributed by atoms with Crippen molar-refractivity contribution in [1.29, 1.82) is 0 Å². The van der Waals surface area contributed by atoms with Crippen LogP contribution < -0.4 is 10.6 Å². The summed E-state index contributed by atoms with van der Waals surface area (Å²) in [5.41, 5.74) is 3.62. The van der Waals surface area contributed by atoms with Gasteiger partial charge in [0.05, 0.1) is 11.4 Å². The van der Waals surface area contributed by atoms with Crippen LogP contribution >= 0.6 is 0 Å². The Morgan fingerprint density at radius 1 is 1.10 bits per heavy atom. The Kier molecular flexibility index (Phi) is 4.79. The number of nitrogens with zero attached hydrogens (tertiary/aromatic N) is 2. The second-order valence-electron chi connectivity index (χ2n) is 4.53. The monoisotopic (exact) mass is 270 g/mol. The van der Waals surface area contributed by atoms with Crippen LogP contribution in [0.2, 0.25) is 0 Å². The topological polar surface area (TPSA) is 66.9 Å². The van der Waals surface area contributed by atoms with Gasteiger partial charge >= 0.3 is 0 Å². The summed E-state index contributed by atoms with van der Waals surface area (Å²) in [6, 6.07) is 7.53. The van der Waals surface area contributed by atoms with E-state index in [0.29, 0.717) is 12.1 Å². The molecule has 20 heavy (non-hydrogen) atoms. The van der Waals surface area contributed by atoms with Crippen molar-refractivity contribution in [2.75, 3.05) is 7.05 Å². The Bertz CT molecular complexity index is 563. The van der Waals surface area contributed by atoms with Crippen LogP contribution in [0.4, 0.5) is 0 Å². The van der Waals surface area contributed by atoms with Crippen LogP contribution in [0.5, 0.6) is 0 Å². The molecule has 0 saturated heterocycles. The summed E-state index contributed by atoms with van der Waals surface area (Å²) in [5.74, 6) is -0.0700. The number of hydrogen-bond donors (Lipinski definition) is 2. The molecule has 2 N–H and O–H groups in total. The van der Waals surface area contributed by atoms with Crippen molar-refractivity contribution in [1.82, 2.24) is 20.6 Å². The molecule has 0 atom stereocenters. The summed E-state index contributed by atoms with van der Waals surface area (Å²) in [6.45, 7) is 3.31. The Balaban J connectivity index is 1.85. The van der Waals surface area contributed by atoms with Gasteiger partial charge in [0.25, 0.3) is 5.91 Å². The highest BCUT2D eigenvalue weighted by atomic mass is 16.1. The predicted molar refractivity (Wildman–Crippen MR) is 77.1 cm³/mol. The maximum atomic E-state index is 11.4. The van der Waals surface area contributed by atoms with Crippen molar-refractivity contribution in [3.63, 3.8) is 0 Å². The van der Waals surface area contributed by atoms with E-state index in [2.05, 4.69) is 20.6 Å². The summed E-state index contributed by atoms with van der Waals surface area (Å²) < 4.78 is 0. The minimum absolute atomic E-state index is 0.0700. The predicted octanol–water partition coefficient (Wildman–Crippen LogP) is 1.43. The van der Waals surface area contributed by atoms with E-state index >= 15 is 0 Å². The molecule has 0 bridgehead atoms. The first-order chi connectivity index (χ1) is 9.69. The lowest BCUT2D eigenvalue weighted by Crippen LogP contribution is -2.18. The molecule has 0 spiro atoms. The Morgan fingerprint density at radius 2 is 1.85 bits per heavy atom. The minimum Gasteiger partial charge on any atom is -0.355 e. The summed E-state index contributed by atoms with van der Waals surface area (Å²) in [5, 5.41) is 5.90. The summed E-state index contributed by atoms with van der Waals surface area (Å²) >= 11 is 0. The Morgan fingerprint density at radius 3 is 2.45 bits per heavy atom. The maximum Gasteiger partial charge on any atom is 0.251 e. The molecule has 0 saturated carbocycles. The molecule has 104 valence electrons. The highest BCUT2D eigenvalue weighted by Crippen LogP contribution is 2.04. The van der Waals surface area contributed by atoms with Crippen molar-refractivity contribution < 1.29 is 4.79 Å². The van der Waals surface area contributed by atoms with E-state index in [9.17, 15) is 4.79 Å². The van der Waals surface area contributed by atoms with Crippen LogP contribution in [0.15, 0.2) is 36.7 Å². The van der Waals surface area contributed by atoms with Crippen LogP contribution in [0, 0.1) is 6.92 Å². The second-order valence-corrected chi connectivity index (χ2v) is 4.53. The standard InChI is InChI=1S/C15H18N4O/c1-11-7-19-14(10-18-11)9-17-8-12-3-5-13(6-4-12)15(20)16-2/h3-7,10,17H,8-9H2,1-2H3,(H,16,20). The zero-order chi connectivity index (χ0) is 14.4. The lowest BCUT2D eigenvalue weighted by atomic mass is 10.1. The largest absolute Gasteiger partial charge is 0.355 e. The van der Waals surface area contributed by atoms with Gasteiger partial charge in [0.1, 0.15) is 0 Å². The van der Waals surface area contributed by atoms with Crippen LogP contribution in [0.3, 0.4) is 0 Å². The number of benzene rings is 1. The number of rotatable bonds is 5. The average molecular weight is 270 g/mol. The molecule has 0 aliphatic rings. The lowest BCUT2D eigenvalue weighted by molar-refractivity contribution is 0.0963. The number of nitrogens with one attached hydrogen (secondary N) is 2. The van der Waals surface area contributed by atoms with Crippen LogP contribution in [0.25, 0.3) is 0 Å². The lowest BCUT2D eigenvalue weighted by Gasteiger charge is -2.06. The highest BCUT2D eigenvalue weighted by Gasteiger charge is 2.02. The van der Waals surface area contributed by atoms with Gasteiger partial charge in [0.15, 0.2) is 0 Å². The number of amides is 1. The van der Waals surface area contributed by atoms with Gasteiger partial charge in [-0.1, -0.05) is 12.1 Å². The molecule has 1 heterocycles. The van der Waals surface area contributed by atoms with Gasteiger partial charge in [-0.25, -0.2) is 0 Å². The van der Waals surface area contributed by atoms with Crippen molar-refractivity contribution in [3.8, 4) is 0 Å². The average Bonchev–Trinajstić information content (AvgIpc) is 2.49. The van der Waals surface area contributed by atoms with Crippen molar-refractivity contribution >= 4 is 5.91 Å². The molecule has 0 aliphatic carbocycles. The molecule has 1 aromatic heterocycles. The third-order valence-electron chi connectivity index (χ3n) is 2.91. The molecule has 0 aliphatic heterocycles. The first kappa shape index (κ1) is 14.1. The minimum atomic E-state index is -0.0700. The van der Waals surface area contributed by atoms with E-state index in [1.54, 1.807) is 19.4 Å². The number of aryl methyl sites for hydroxylation is 1. The molecule has 5 nitrogen and oxygen atoms in total. The van der Waals surface area contributed by atoms with Crippen LogP contribution in [-0.2, 0) is 13.1 Å². The van der Waals surface area contributed by atoms with Crippen LogP contribution in [0.1, 0.15) is 27.3 Å². The fraction of sp³-hybridized carbons (Fsp3) is 0.267. The SMILES string of the molecule is CNC(=O)c1ccc(CNCc2cnc(C)cn2)cc1. The van der Waals surface area contributed by atoms with E-state index in [0.717, 1.165) is 23.5 Å². The number of carbonyl (C=O) groups is 1. The van der Waals surface area contributed by atoms with Gasteiger partial charge in [-0.3, -0.25) is 14.8 Å². The van der Waals surface area contributed by atoms with Crippen molar-refractivity contribution in [2.24, 2.45) is 0 Å². The Labute approximate surface area is 118 Å². The van der Waals surface area contributed by atoms with E-state index in [4.69, 9.17) is 0 Å². The smallest absolute Gasteiger partial charge is 0.251 e. The van der Waals surface area contributed by atoms with Gasteiger partial charge in [0.2, 0.25) is 0 Å². The molecular formula is C15H18N4O. The maximum absolute atomic E-state index is 11.4. The zero-order valence-electron chi connectivity index (χ0n) is 11.7. The Hall–Kier alpha value is -2.27. The number of aromatic nitrogens is 2. The molecule has 5 heteroatoms. The van der Waals surface area contributed by atoms with Gasteiger partial charge in [-0.15, -0.1) is 0 Å². The molecule has 1 aromatic carbocycles. The van der Waals surface area contributed by atoms with Gasteiger partial charge in [0, 0.05) is 38.1 Å². The molecule has 2 aromatic rings. The quantitative estimate of drug-likeness (QED) is 0.862.